The normalized spacial score (nSPS) is 25.8. The highest BCUT2D eigenvalue weighted by Crippen LogP contribution is 2.36. The van der Waals surface area contributed by atoms with Gasteiger partial charge in [-0.05, 0) is 37.1 Å². The summed E-state index contributed by atoms with van der Waals surface area (Å²) >= 11 is 0. The molecular formula is C12H17NO. The minimum Gasteiger partial charge on any atom is -0.508 e. The molecule has 1 aliphatic heterocycles. The summed E-state index contributed by atoms with van der Waals surface area (Å²) in [6, 6.07) is 7.62. The molecule has 0 saturated carbocycles. The number of hydrogen-bond donors (Lipinski definition) is 2. The number of hydrogen-bond acceptors (Lipinski definition) is 2. The molecule has 1 heterocycles. The van der Waals surface area contributed by atoms with Crippen molar-refractivity contribution in [1.82, 2.24) is 5.32 Å². The Hall–Kier alpha value is -1.02. The molecule has 1 aromatic rings. The first-order valence-corrected chi connectivity index (χ1v) is 5.31. The molecule has 0 amide bonds. The lowest BCUT2D eigenvalue weighted by molar-refractivity contribution is 0.191. The largest absolute Gasteiger partial charge is 0.508 e. The molecule has 76 valence electrons. The van der Waals surface area contributed by atoms with E-state index in [1.807, 2.05) is 12.1 Å². The first-order chi connectivity index (χ1) is 6.77. The summed E-state index contributed by atoms with van der Waals surface area (Å²) in [6.45, 7) is 3.29. The minimum absolute atomic E-state index is 0.146. The quantitative estimate of drug-likeness (QED) is 0.768. The molecule has 2 nitrogen and oxygen atoms in total. The van der Waals surface area contributed by atoms with Crippen molar-refractivity contribution >= 4 is 0 Å². The summed E-state index contributed by atoms with van der Waals surface area (Å²) in [6.07, 6.45) is 3.50. The average molecular weight is 191 g/mol. The summed E-state index contributed by atoms with van der Waals surface area (Å²) < 4.78 is 0. The van der Waals surface area contributed by atoms with Gasteiger partial charge in [0.2, 0.25) is 0 Å². The monoisotopic (exact) mass is 191 g/mol. The van der Waals surface area contributed by atoms with Gasteiger partial charge in [-0.1, -0.05) is 25.5 Å². The van der Waals surface area contributed by atoms with E-state index in [4.69, 9.17) is 0 Å². The molecule has 1 aliphatic rings. The standard InChI is InChI=1S/C12H17NO/c1-2-6-12(7-8-13-12)10-4-3-5-11(14)9-10/h3-5,9,13-14H,2,6-8H2,1H3. The molecule has 0 aromatic heterocycles. The average Bonchev–Trinajstić information content (AvgIpc) is 2.11. The van der Waals surface area contributed by atoms with Crippen molar-refractivity contribution in [2.24, 2.45) is 0 Å². The van der Waals surface area contributed by atoms with E-state index in [1.165, 1.54) is 18.4 Å². The van der Waals surface area contributed by atoms with Crippen LogP contribution in [0.2, 0.25) is 0 Å². The maximum atomic E-state index is 9.44. The van der Waals surface area contributed by atoms with Gasteiger partial charge in [0.05, 0.1) is 0 Å². The Labute approximate surface area is 85.0 Å². The van der Waals surface area contributed by atoms with E-state index in [1.54, 1.807) is 6.07 Å². The van der Waals surface area contributed by atoms with Gasteiger partial charge in [-0.15, -0.1) is 0 Å². The summed E-state index contributed by atoms with van der Waals surface area (Å²) in [5.41, 5.74) is 1.37. The molecule has 2 heteroatoms. The second kappa shape index (κ2) is 3.62. The van der Waals surface area contributed by atoms with Gasteiger partial charge in [-0.25, -0.2) is 0 Å². The van der Waals surface area contributed by atoms with Gasteiger partial charge >= 0.3 is 0 Å². The van der Waals surface area contributed by atoms with Gasteiger partial charge in [0.25, 0.3) is 0 Å². The number of nitrogens with one attached hydrogen (secondary N) is 1. The molecule has 0 aliphatic carbocycles. The third kappa shape index (κ3) is 1.50. The van der Waals surface area contributed by atoms with Crippen LogP contribution in [-0.4, -0.2) is 11.7 Å². The molecule has 1 unspecified atom stereocenters. The minimum atomic E-state index is 0.146. The molecule has 0 bridgehead atoms. The van der Waals surface area contributed by atoms with Crippen molar-refractivity contribution in [3.05, 3.63) is 29.8 Å². The second-order valence-electron chi connectivity index (χ2n) is 4.06. The molecule has 2 rings (SSSR count). The van der Waals surface area contributed by atoms with E-state index < -0.39 is 0 Å². The van der Waals surface area contributed by atoms with E-state index in [9.17, 15) is 5.11 Å². The lowest BCUT2D eigenvalue weighted by Crippen LogP contribution is -2.53. The highest BCUT2D eigenvalue weighted by Gasteiger charge is 2.37. The topological polar surface area (TPSA) is 32.3 Å². The van der Waals surface area contributed by atoms with Crippen LogP contribution >= 0.6 is 0 Å². The van der Waals surface area contributed by atoms with E-state index in [-0.39, 0.29) is 5.54 Å². The fraction of sp³-hybridized carbons (Fsp3) is 0.500. The maximum absolute atomic E-state index is 9.44. The van der Waals surface area contributed by atoms with Gasteiger partial charge < -0.3 is 10.4 Å². The Morgan fingerprint density at radius 3 is 2.79 bits per heavy atom. The first kappa shape index (κ1) is 9.53. The molecular weight excluding hydrogens is 174 g/mol. The van der Waals surface area contributed by atoms with Crippen LogP contribution in [0.15, 0.2) is 24.3 Å². The fourth-order valence-electron chi connectivity index (χ4n) is 2.26. The Bertz CT molecular complexity index is 318. The number of rotatable bonds is 3. The van der Waals surface area contributed by atoms with E-state index in [0.29, 0.717) is 5.75 Å². The van der Waals surface area contributed by atoms with Crippen molar-refractivity contribution in [1.29, 1.82) is 0 Å². The van der Waals surface area contributed by atoms with Crippen LogP contribution in [0.1, 0.15) is 31.7 Å². The lowest BCUT2D eigenvalue weighted by atomic mass is 9.77. The smallest absolute Gasteiger partial charge is 0.115 e. The van der Waals surface area contributed by atoms with Crippen molar-refractivity contribution in [2.45, 2.75) is 31.7 Å². The Kier molecular flexibility index (Phi) is 2.46. The summed E-state index contributed by atoms with van der Waals surface area (Å²) in [5, 5.41) is 12.9. The predicted molar refractivity (Wildman–Crippen MR) is 57.3 cm³/mol. The number of aromatic hydroxyl groups is 1. The van der Waals surface area contributed by atoms with E-state index in [2.05, 4.69) is 18.3 Å². The zero-order valence-electron chi connectivity index (χ0n) is 8.59. The molecule has 14 heavy (non-hydrogen) atoms. The van der Waals surface area contributed by atoms with Crippen molar-refractivity contribution in [2.75, 3.05) is 6.54 Å². The Morgan fingerprint density at radius 2 is 2.29 bits per heavy atom. The molecule has 1 fully saturated rings. The highest BCUT2D eigenvalue weighted by atomic mass is 16.3. The van der Waals surface area contributed by atoms with Crippen LogP contribution in [-0.2, 0) is 5.54 Å². The molecule has 0 radical (unpaired) electrons. The predicted octanol–water partition coefficient (Wildman–Crippen LogP) is 2.38. The highest BCUT2D eigenvalue weighted by molar-refractivity contribution is 5.34. The zero-order chi connectivity index (χ0) is 10.0. The zero-order valence-corrected chi connectivity index (χ0v) is 8.59. The van der Waals surface area contributed by atoms with Crippen molar-refractivity contribution in [3.63, 3.8) is 0 Å². The van der Waals surface area contributed by atoms with Crippen molar-refractivity contribution in [3.8, 4) is 5.75 Å². The van der Waals surface area contributed by atoms with Gasteiger partial charge in [0, 0.05) is 5.54 Å². The SMILES string of the molecule is CCCC1(c2cccc(O)c2)CCN1. The lowest BCUT2D eigenvalue weighted by Gasteiger charge is -2.44. The summed E-state index contributed by atoms with van der Waals surface area (Å²) in [5.74, 6) is 0.367. The van der Waals surface area contributed by atoms with E-state index in [0.717, 1.165) is 13.0 Å². The third-order valence-electron chi connectivity index (χ3n) is 3.09. The third-order valence-corrected chi connectivity index (χ3v) is 3.09. The maximum Gasteiger partial charge on any atom is 0.115 e. The summed E-state index contributed by atoms with van der Waals surface area (Å²) in [7, 11) is 0. The second-order valence-corrected chi connectivity index (χ2v) is 4.06. The van der Waals surface area contributed by atoms with Crippen LogP contribution in [0.25, 0.3) is 0 Å². The van der Waals surface area contributed by atoms with E-state index >= 15 is 0 Å². The molecule has 2 N–H and O–H groups in total. The molecule has 1 aromatic carbocycles. The Balaban J connectivity index is 2.27. The van der Waals surface area contributed by atoms with Gasteiger partial charge in [0.1, 0.15) is 5.75 Å². The van der Waals surface area contributed by atoms with Gasteiger partial charge in [-0.3, -0.25) is 0 Å². The molecule has 1 atom stereocenters. The molecule has 0 spiro atoms. The number of benzene rings is 1. The summed E-state index contributed by atoms with van der Waals surface area (Å²) in [4.78, 5) is 0. The van der Waals surface area contributed by atoms with Gasteiger partial charge in [0.15, 0.2) is 0 Å². The van der Waals surface area contributed by atoms with Crippen LogP contribution in [0.3, 0.4) is 0 Å². The fourth-order valence-corrected chi connectivity index (χ4v) is 2.26. The van der Waals surface area contributed by atoms with Crippen LogP contribution in [0.5, 0.6) is 5.75 Å². The van der Waals surface area contributed by atoms with Crippen LogP contribution in [0.4, 0.5) is 0 Å². The van der Waals surface area contributed by atoms with Crippen LogP contribution in [0, 0.1) is 0 Å². The first-order valence-electron chi connectivity index (χ1n) is 5.31. The molecule has 1 saturated heterocycles. The van der Waals surface area contributed by atoms with Crippen molar-refractivity contribution < 1.29 is 5.11 Å². The number of phenolic OH excluding ortho intramolecular Hbond substituents is 1. The van der Waals surface area contributed by atoms with Crippen LogP contribution < -0.4 is 5.32 Å². The van der Waals surface area contributed by atoms with Gasteiger partial charge in [-0.2, -0.15) is 0 Å². The Morgan fingerprint density at radius 1 is 1.50 bits per heavy atom. The number of phenols is 1.